The monoisotopic (exact) mass is 373 g/mol. The molecule has 0 aromatic carbocycles. The van der Waals surface area contributed by atoms with Gasteiger partial charge in [-0.15, -0.1) is 0 Å². The lowest BCUT2D eigenvalue weighted by Gasteiger charge is -2.18. The van der Waals surface area contributed by atoms with Crippen LogP contribution in [-0.4, -0.2) is 71.8 Å². The molecule has 0 bridgehead atoms. The van der Waals surface area contributed by atoms with Gasteiger partial charge >= 0.3 is 7.12 Å². The fourth-order valence-electron chi connectivity index (χ4n) is 1.81. The summed E-state index contributed by atoms with van der Waals surface area (Å²) in [6, 6.07) is -2.00. The van der Waals surface area contributed by atoms with Gasteiger partial charge in [-0.3, -0.25) is 24.0 Å². The van der Waals surface area contributed by atoms with Crippen LogP contribution in [-0.2, 0) is 24.0 Å². The average Bonchev–Trinajstić information content (AvgIpc) is 2.53. The fraction of sp³-hybridized carbons (Fsp3) is 0.615. The molecule has 0 aliphatic rings. The summed E-state index contributed by atoms with van der Waals surface area (Å²) < 4.78 is 0. The molecule has 0 unspecified atom stereocenters. The molecule has 8 N–H and O–H groups in total. The first-order valence-corrected chi connectivity index (χ1v) is 7.79. The third-order valence-electron chi connectivity index (χ3n) is 3.03. The number of amides is 5. The van der Waals surface area contributed by atoms with E-state index in [9.17, 15) is 24.0 Å². The van der Waals surface area contributed by atoms with Crippen molar-refractivity contribution in [3.63, 3.8) is 0 Å². The molecular formula is C13H24BN5O7. The van der Waals surface area contributed by atoms with Crippen LogP contribution in [0.3, 0.4) is 0 Å². The Kier molecular flexibility index (Phi) is 10.6. The molecule has 0 spiro atoms. The number of hydrogen-bond donors (Lipinski definition) is 7. The van der Waals surface area contributed by atoms with Gasteiger partial charge in [-0.05, 0) is 13.3 Å². The van der Waals surface area contributed by atoms with Crippen LogP contribution in [0, 0.1) is 0 Å². The Morgan fingerprint density at radius 2 is 1.65 bits per heavy atom. The molecule has 12 nitrogen and oxygen atoms in total. The molecule has 0 saturated carbocycles. The van der Waals surface area contributed by atoms with Crippen molar-refractivity contribution in [1.82, 2.24) is 21.3 Å². The summed E-state index contributed by atoms with van der Waals surface area (Å²) in [5, 5.41) is 26.6. The maximum Gasteiger partial charge on any atom is 0.472 e. The lowest BCUT2D eigenvalue weighted by atomic mass is 9.92. The summed E-state index contributed by atoms with van der Waals surface area (Å²) in [5.41, 5.74) is 5.01. The van der Waals surface area contributed by atoms with E-state index >= 15 is 0 Å². The lowest BCUT2D eigenvalue weighted by Crippen LogP contribution is -2.52. The first kappa shape index (κ1) is 23.3. The summed E-state index contributed by atoms with van der Waals surface area (Å²) in [6.07, 6.45) is -0.761. The lowest BCUT2D eigenvalue weighted by molar-refractivity contribution is -0.131. The zero-order valence-corrected chi connectivity index (χ0v) is 14.6. The minimum atomic E-state index is -1.78. The molecule has 146 valence electrons. The topological polar surface area (TPSA) is 200 Å². The highest BCUT2D eigenvalue weighted by molar-refractivity contribution is 6.41. The summed E-state index contributed by atoms with van der Waals surface area (Å²) >= 11 is 0. The molecular weight excluding hydrogens is 349 g/mol. The van der Waals surface area contributed by atoms with Crippen molar-refractivity contribution in [3.05, 3.63) is 0 Å². The van der Waals surface area contributed by atoms with Crippen LogP contribution in [0.5, 0.6) is 0 Å². The van der Waals surface area contributed by atoms with Gasteiger partial charge < -0.3 is 37.0 Å². The molecule has 26 heavy (non-hydrogen) atoms. The Balaban J connectivity index is 4.60. The van der Waals surface area contributed by atoms with E-state index in [4.69, 9.17) is 15.8 Å². The number of primary amides is 1. The molecule has 0 saturated heterocycles. The quantitative estimate of drug-likeness (QED) is 0.177. The summed E-state index contributed by atoms with van der Waals surface area (Å²) in [4.78, 5) is 57.2. The molecule has 5 amide bonds. The van der Waals surface area contributed by atoms with Gasteiger partial charge in [0.25, 0.3) is 0 Å². The molecule has 0 aromatic rings. The molecule has 2 atom stereocenters. The van der Waals surface area contributed by atoms with Crippen molar-refractivity contribution in [2.45, 2.75) is 38.8 Å². The second-order valence-electron chi connectivity index (χ2n) is 5.49. The minimum Gasteiger partial charge on any atom is -0.426 e. The van der Waals surface area contributed by atoms with Crippen molar-refractivity contribution < 1.29 is 34.0 Å². The molecule has 0 aliphatic carbocycles. The Morgan fingerprint density at radius 1 is 1.04 bits per heavy atom. The Bertz CT molecular complexity index is 543. The Labute approximate surface area is 150 Å². The number of nitrogens with one attached hydrogen (secondary N) is 4. The van der Waals surface area contributed by atoms with Crippen molar-refractivity contribution in [2.24, 2.45) is 5.73 Å². The molecule has 0 rings (SSSR count). The van der Waals surface area contributed by atoms with Gasteiger partial charge in [0, 0.05) is 13.3 Å². The molecule has 0 heterocycles. The molecule has 13 heteroatoms. The van der Waals surface area contributed by atoms with Crippen molar-refractivity contribution in [2.75, 3.05) is 13.0 Å². The number of carbonyl (C=O) groups is 5. The van der Waals surface area contributed by atoms with E-state index in [1.54, 1.807) is 0 Å². The van der Waals surface area contributed by atoms with Gasteiger partial charge in [-0.1, -0.05) is 0 Å². The first-order chi connectivity index (χ1) is 12.0. The van der Waals surface area contributed by atoms with Crippen LogP contribution < -0.4 is 27.0 Å². The highest BCUT2D eigenvalue weighted by Crippen LogP contribution is 1.98. The Morgan fingerprint density at radius 3 is 2.15 bits per heavy atom. The van der Waals surface area contributed by atoms with Crippen LogP contribution in [0.2, 0.25) is 0 Å². The van der Waals surface area contributed by atoms with E-state index in [-0.39, 0.29) is 12.8 Å². The number of nitrogens with two attached hydrogens (primary N) is 1. The number of hydrogen-bond acceptors (Lipinski definition) is 7. The second kappa shape index (κ2) is 11.8. The van der Waals surface area contributed by atoms with E-state index in [2.05, 4.69) is 21.3 Å². The number of rotatable bonds is 11. The van der Waals surface area contributed by atoms with Crippen LogP contribution in [0.15, 0.2) is 0 Å². The minimum absolute atomic E-state index is 0.106. The standard InChI is InChI=1S/C13H24BN5O7/c1-7(18-8(2)20)12(23)16-5-11(22)19-9(3-4-10(15)21)13(24)17-6-14(25)26/h7,9,25-26H,3-6H2,1-2H3,(H2,15,21)(H,16,23)(H,17,24)(H,18,20)(H,19,22)/t7-,9-/m0/s1. The third-order valence-corrected chi connectivity index (χ3v) is 3.03. The van der Waals surface area contributed by atoms with Gasteiger partial charge in [0.15, 0.2) is 0 Å². The number of carbonyl (C=O) groups excluding carboxylic acids is 5. The predicted octanol–water partition coefficient (Wildman–Crippen LogP) is -4.49. The van der Waals surface area contributed by atoms with Crippen LogP contribution in [0.4, 0.5) is 0 Å². The zero-order valence-electron chi connectivity index (χ0n) is 14.6. The smallest absolute Gasteiger partial charge is 0.426 e. The van der Waals surface area contributed by atoms with Crippen molar-refractivity contribution >= 4 is 36.7 Å². The predicted molar refractivity (Wildman–Crippen MR) is 89.8 cm³/mol. The van der Waals surface area contributed by atoms with Gasteiger partial charge in [0.1, 0.15) is 12.1 Å². The molecule has 0 radical (unpaired) electrons. The van der Waals surface area contributed by atoms with Crippen molar-refractivity contribution in [3.8, 4) is 0 Å². The fourth-order valence-corrected chi connectivity index (χ4v) is 1.81. The third kappa shape index (κ3) is 11.0. The highest BCUT2D eigenvalue weighted by atomic mass is 16.4. The molecule has 0 fully saturated rings. The summed E-state index contributed by atoms with van der Waals surface area (Å²) in [5.74, 6) is -3.16. The van der Waals surface area contributed by atoms with E-state index < -0.39 is 61.7 Å². The average molecular weight is 373 g/mol. The Hall–Kier alpha value is -2.67. The van der Waals surface area contributed by atoms with Crippen molar-refractivity contribution in [1.29, 1.82) is 0 Å². The normalized spacial score (nSPS) is 12.3. The van der Waals surface area contributed by atoms with E-state index in [1.807, 2.05) is 0 Å². The van der Waals surface area contributed by atoms with Gasteiger partial charge in [-0.2, -0.15) is 0 Å². The maximum absolute atomic E-state index is 11.9. The second-order valence-corrected chi connectivity index (χ2v) is 5.49. The van der Waals surface area contributed by atoms with E-state index in [0.717, 1.165) is 0 Å². The van der Waals surface area contributed by atoms with Gasteiger partial charge in [0.05, 0.1) is 13.0 Å². The SMILES string of the molecule is CC(=O)N[C@@H](C)C(=O)NCC(=O)N[C@@H](CCC(N)=O)C(=O)NCB(O)O. The summed E-state index contributed by atoms with van der Waals surface area (Å²) in [7, 11) is -1.78. The van der Waals surface area contributed by atoms with E-state index in [1.165, 1.54) is 13.8 Å². The largest absolute Gasteiger partial charge is 0.472 e. The van der Waals surface area contributed by atoms with Crippen LogP contribution in [0.25, 0.3) is 0 Å². The van der Waals surface area contributed by atoms with Crippen LogP contribution in [0.1, 0.15) is 26.7 Å². The van der Waals surface area contributed by atoms with E-state index in [0.29, 0.717) is 0 Å². The van der Waals surface area contributed by atoms with Gasteiger partial charge in [0.2, 0.25) is 29.5 Å². The van der Waals surface area contributed by atoms with Crippen LogP contribution >= 0.6 is 0 Å². The van der Waals surface area contributed by atoms with Gasteiger partial charge in [-0.25, -0.2) is 0 Å². The highest BCUT2D eigenvalue weighted by Gasteiger charge is 2.23. The first-order valence-electron chi connectivity index (χ1n) is 7.79. The molecule has 0 aromatic heterocycles. The summed E-state index contributed by atoms with van der Waals surface area (Å²) in [6.45, 7) is 2.20. The molecule has 0 aliphatic heterocycles. The zero-order chi connectivity index (χ0) is 20.3. The maximum atomic E-state index is 11.9.